The minimum absolute atomic E-state index is 0.0197. The Morgan fingerprint density at radius 2 is 2.11 bits per heavy atom. The topological polar surface area (TPSA) is 77.2 Å². The molecule has 8 heteroatoms. The van der Waals surface area contributed by atoms with Crippen LogP contribution >= 0.6 is 11.3 Å². The molecule has 1 aliphatic rings. The molecular weight excluding hydrogens is 460 g/mol. The zero-order chi connectivity index (χ0) is 24.4. The van der Waals surface area contributed by atoms with Gasteiger partial charge in [-0.15, -0.1) is 11.3 Å². The van der Waals surface area contributed by atoms with Gasteiger partial charge in [0.05, 0.1) is 31.3 Å². The number of fused-ring (bicyclic) bond motifs is 2. The summed E-state index contributed by atoms with van der Waals surface area (Å²) in [5.41, 5.74) is 4.20. The van der Waals surface area contributed by atoms with Crippen LogP contribution in [0.1, 0.15) is 12.5 Å². The predicted octanol–water partition coefficient (Wildman–Crippen LogP) is 5.07. The first-order valence-corrected chi connectivity index (χ1v) is 11.9. The molecule has 0 radical (unpaired) electrons. The standard InChI is InChI=1S/C27H24N4O3S/c1-17(2)13-28-27-31(29-14-21-20-7-5-4-6-18(20)8-10-24(21)33-3)23(16-35-27)19-9-11-25-22(12-19)30-26(32)15-34-25/h4-12,14,16H,1,13,15H2,2-3H3,(H,30,32). The van der Waals surface area contributed by atoms with Crippen molar-refractivity contribution in [3.63, 3.8) is 0 Å². The second-order valence-electron chi connectivity index (χ2n) is 8.18. The molecule has 0 bridgehead atoms. The van der Waals surface area contributed by atoms with Crippen molar-refractivity contribution in [2.24, 2.45) is 10.1 Å². The normalized spacial score (nSPS) is 13.5. The lowest BCUT2D eigenvalue weighted by atomic mass is 10.0. The van der Waals surface area contributed by atoms with Gasteiger partial charge in [0.2, 0.25) is 4.80 Å². The van der Waals surface area contributed by atoms with E-state index in [0.29, 0.717) is 18.0 Å². The first-order chi connectivity index (χ1) is 17.0. The van der Waals surface area contributed by atoms with Gasteiger partial charge < -0.3 is 14.8 Å². The van der Waals surface area contributed by atoms with Gasteiger partial charge in [0.15, 0.2) is 6.61 Å². The van der Waals surface area contributed by atoms with Crippen molar-refractivity contribution in [3.05, 3.63) is 82.5 Å². The van der Waals surface area contributed by atoms with Crippen LogP contribution in [-0.2, 0) is 4.79 Å². The maximum absolute atomic E-state index is 11.8. The summed E-state index contributed by atoms with van der Waals surface area (Å²) in [6.45, 7) is 6.43. The quantitative estimate of drug-likeness (QED) is 0.307. The zero-order valence-corrected chi connectivity index (χ0v) is 20.3. The number of nitrogens with zero attached hydrogens (tertiary/aromatic N) is 3. The van der Waals surface area contributed by atoms with Crippen molar-refractivity contribution in [1.29, 1.82) is 0 Å². The zero-order valence-electron chi connectivity index (χ0n) is 19.4. The molecule has 0 aliphatic carbocycles. The van der Waals surface area contributed by atoms with Crippen LogP contribution in [0.2, 0.25) is 0 Å². The lowest BCUT2D eigenvalue weighted by molar-refractivity contribution is -0.118. The molecule has 5 rings (SSSR count). The Hall–Kier alpha value is -4.17. The van der Waals surface area contributed by atoms with E-state index >= 15 is 0 Å². The van der Waals surface area contributed by atoms with E-state index in [1.165, 1.54) is 11.3 Å². The summed E-state index contributed by atoms with van der Waals surface area (Å²) < 4.78 is 13.0. The average molecular weight is 485 g/mol. The number of hydrogen-bond acceptors (Lipinski definition) is 6. The third-order valence-corrected chi connectivity index (χ3v) is 6.38. The molecular formula is C27H24N4O3S. The van der Waals surface area contributed by atoms with Crippen molar-refractivity contribution in [1.82, 2.24) is 4.68 Å². The number of thiazole rings is 1. The lowest BCUT2D eigenvalue weighted by Gasteiger charge is -2.18. The van der Waals surface area contributed by atoms with E-state index in [2.05, 4.69) is 24.0 Å². The Balaban J connectivity index is 1.65. The fourth-order valence-electron chi connectivity index (χ4n) is 3.86. The molecule has 2 heterocycles. The maximum Gasteiger partial charge on any atom is 0.262 e. The third-order valence-electron chi connectivity index (χ3n) is 5.53. The largest absolute Gasteiger partial charge is 0.496 e. The Labute approximate surface area is 206 Å². The second kappa shape index (κ2) is 9.60. The first-order valence-electron chi connectivity index (χ1n) is 11.1. The number of anilines is 1. The van der Waals surface area contributed by atoms with E-state index in [0.717, 1.165) is 43.7 Å². The van der Waals surface area contributed by atoms with Gasteiger partial charge in [0.25, 0.3) is 5.91 Å². The fourth-order valence-corrected chi connectivity index (χ4v) is 4.70. The van der Waals surface area contributed by atoms with Crippen LogP contribution in [0.5, 0.6) is 11.5 Å². The highest BCUT2D eigenvalue weighted by Crippen LogP contribution is 2.33. The van der Waals surface area contributed by atoms with Gasteiger partial charge in [0.1, 0.15) is 11.5 Å². The summed E-state index contributed by atoms with van der Waals surface area (Å²) in [6.07, 6.45) is 1.81. The van der Waals surface area contributed by atoms with Crippen LogP contribution in [-0.4, -0.2) is 37.1 Å². The number of nitrogens with one attached hydrogen (secondary N) is 1. The van der Waals surface area contributed by atoms with Crippen LogP contribution in [0, 0.1) is 0 Å². The SMILES string of the molecule is C=C(C)CN=c1scc(-c2ccc3c(c2)NC(=O)CO3)n1N=Cc1c(OC)ccc2ccccc12. The number of amides is 1. The smallest absolute Gasteiger partial charge is 0.262 e. The average Bonchev–Trinajstić information content (AvgIpc) is 3.28. The molecule has 176 valence electrons. The highest BCUT2D eigenvalue weighted by Gasteiger charge is 2.18. The van der Waals surface area contributed by atoms with Gasteiger partial charge in [-0.2, -0.15) is 5.10 Å². The van der Waals surface area contributed by atoms with Crippen LogP contribution < -0.4 is 19.6 Å². The molecule has 4 aromatic rings. The number of hydrogen-bond donors (Lipinski definition) is 1. The van der Waals surface area contributed by atoms with Crippen molar-refractivity contribution < 1.29 is 14.3 Å². The molecule has 1 aromatic heterocycles. The van der Waals surface area contributed by atoms with E-state index in [1.54, 1.807) is 13.3 Å². The molecule has 35 heavy (non-hydrogen) atoms. The molecule has 1 N–H and O–H groups in total. The molecule has 0 fully saturated rings. The van der Waals surface area contributed by atoms with Crippen molar-refractivity contribution in [2.75, 3.05) is 25.6 Å². The van der Waals surface area contributed by atoms with Gasteiger partial charge >= 0.3 is 0 Å². The first kappa shape index (κ1) is 22.6. The van der Waals surface area contributed by atoms with Crippen molar-refractivity contribution in [2.45, 2.75) is 6.92 Å². The molecule has 0 saturated heterocycles. The van der Waals surface area contributed by atoms with Gasteiger partial charge in [-0.25, -0.2) is 4.68 Å². The third kappa shape index (κ3) is 4.61. The van der Waals surface area contributed by atoms with E-state index in [9.17, 15) is 4.79 Å². The number of carbonyl (C=O) groups excluding carboxylic acids is 1. The van der Waals surface area contributed by atoms with Gasteiger partial charge in [-0.1, -0.05) is 42.5 Å². The highest BCUT2D eigenvalue weighted by atomic mass is 32.1. The molecule has 0 spiro atoms. The van der Waals surface area contributed by atoms with Gasteiger partial charge in [-0.3, -0.25) is 9.79 Å². The van der Waals surface area contributed by atoms with Gasteiger partial charge in [-0.05, 0) is 42.0 Å². The van der Waals surface area contributed by atoms with Gasteiger partial charge in [0, 0.05) is 16.5 Å². The highest BCUT2D eigenvalue weighted by molar-refractivity contribution is 7.07. The predicted molar refractivity (Wildman–Crippen MR) is 141 cm³/mol. The Morgan fingerprint density at radius 3 is 2.94 bits per heavy atom. The Kier molecular flexibility index (Phi) is 6.20. The number of carbonyl (C=O) groups is 1. The van der Waals surface area contributed by atoms with Crippen LogP contribution in [0.25, 0.3) is 22.0 Å². The van der Waals surface area contributed by atoms with Crippen LogP contribution in [0.3, 0.4) is 0 Å². The molecule has 1 aliphatic heterocycles. The minimum Gasteiger partial charge on any atom is -0.496 e. The molecule has 0 saturated carbocycles. The number of methoxy groups -OCH3 is 1. The summed E-state index contributed by atoms with van der Waals surface area (Å²) in [5.74, 6) is 1.20. The molecule has 7 nitrogen and oxygen atoms in total. The van der Waals surface area contributed by atoms with E-state index in [1.807, 2.05) is 59.4 Å². The minimum atomic E-state index is -0.175. The summed E-state index contributed by atoms with van der Waals surface area (Å²) >= 11 is 1.49. The molecule has 1 amide bonds. The molecule has 3 aromatic carbocycles. The number of rotatable bonds is 6. The molecule has 0 atom stereocenters. The summed E-state index contributed by atoms with van der Waals surface area (Å²) in [6, 6.07) is 17.8. The van der Waals surface area contributed by atoms with Crippen LogP contribution in [0.15, 0.2) is 82.2 Å². The number of ether oxygens (including phenoxy) is 2. The Morgan fingerprint density at radius 1 is 1.26 bits per heavy atom. The summed E-state index contributed by atoms with van der Waals surface area (Å²) in [7, 11) is 1.65. The van der Waals surface area contributed by atoms with Crippen LogP contribution in [0.4, 0.5) is 5.69 Å². The lowest BCUT2D eigenvalue weighted by Crippen LogP contribution is -2.25. The number of aromatic nitrogens is 1. The van der Waals surface area contributed by atoms with E-state index in [-0.39, 0.29) is 12.5 Å². The second-order valence-corrected chi connectivity index (χ2v) is 9.02. The summed E-state index contributed by atoms with van der Waals surface area (Å²) in [5, 5.41) is 11.9. The number of benzene rings is 3. The monoisotopic (exact) mass is 484 g/mol. The van der Waals surface area contributed by atoms with Crippen molar-refractivity contribution in [3.8, 4) is 22.8 Å². The van der Waals surface area contributed by atoms with Crippen molar-refractivity contribution >= 4 is 39.9 Å². The summed E-state index contributed by atoms with van der Waals surface area (Å²) in [4.78, 5) is 17.3. The fraction of sp³-hybridized carbons (Fsp3) is 0.148. The van der Waals surface area contributed by atoms with E-state index in [4.69, 9.17) is 19.6 Å². The Bertz CT molecular complexity index is 1550. The molecule has 0 unspecified atom stereocenters. The maximum atomic E-state index is 11.8. The van der Waals surface area contributed by atoms with E-state index < -0.39 is 0 Å².